The minimum atomic E-state index is -0.157. The molecule has 8 nitrogen and oxygen atoms in total. The smallest absolute Gasteiger partial charge is 0.238 e. The number of para-hydroxylation sites is 2. The summed E-state index contributed by atoms with van der Waals surface area (Å²) in [6.07, 6.45) is 1.95. The molecule has 3 amide bonds. The van der Waals surface area contributed by atoms with Crippen LogP contribution in [0.1, 0.15) is 19.3 Å². The van der Waals surface area contributed by atoms with Gasteiger partial charge in [-0.05, 0) is 37.1 Å². The molecule has 8 heteroatoms. The van der Waals surface area contributed by atoms with Crippen molar-refractivity contribution in [3.8, 4) is 5.75 Å². The first-order chi connectivity index (χ1) is 17.1. The van der Waals surface area contributed by atoms with Crippen molar-refractivity contribution in [3.05, 3.63) is 60.7 Å². The number of carbonyl (C=O) groups excluding carboxylic acids is 3. The molecule has 2 saturated heterocycles. The quantitative estimate of drug-likeness (QED) is 0.631. The third kappa shape index (κ3) is 7.29. The van der Waals surface area contributed by atoms with E-state index >= 15 is 0 Å². The molecular formula is C27H34N4O4. The Kier molecular flexibility index (Phi) is 8.73. The Morgan fingerprint density at radius 1 is 0.857 bits per heavy atom. The molecule has 2 aliphatic rings. The Morgan fingerprint density at radius 3 is 2.26 bits per heavy atom. The van der Waals surface area contributed by atoms with Crippen LogP contribution in [-0.4, -0.2) is 84.8 Å². The number of benzene rings is 2. The van der Waals surface area contributed by atoms with Crippen molar-refractivity contribution in [2.24, 2.45) is 5.92 Å². The number of piperazine rings is 1. The average molecular weight is 479 g/mol. The normalized spacial score (nSPS) is 18.7. The largest absolute Gasteiger partial charge is 0.493 e. The van der Waals surface area contributed by atoms with E-state index in [1.165, 1.54) is 0 Å². The molecule has 2 aromatic rings. The van der Waals surface area contributed by atoms with E-state index in [1.807, 2.05) is 70.5 Å². The lowest BCUT2D eigenvalue weighted by atomic mass is 9.96. The van der Waals surface area contributed by atoms with Crippen molar-refractivity contribution in [2.75, 3.05) is 57.7 Å². The fourth-order valence-corrected chi connectivity index (χ4v) is 4.65. The summed E-state index contributed by atoms with van der Waals surface area (Å²) in [5.41, 5.74) is 0.786. The lowest BCUT2D eigenvalue weighted by Gasteiger charge is -2.38. The van der Waals surface area contributed by atoms with Gasteiger partial charge < -0.3 is 19.9 Å². The van der Waals surface area contributed by atoms with Gasteiger partial charge in [-0.2, -0.15) is 0 Å². The highest BCUT2D eigenvalue weighted by atomic mass is 16.5. The predicted molar refractivity (Wildman–Crippen MR) is 134 cm³/mol. The number of rotatable bonds is 8. The van der Waals surface area contributed by atoms with Crippen molar-refractivity contribution >= 4 is 23.4 Å². The molecule has 0 spiro atoms. The van der Waals surface area contributed by atoms with Crippen LogP contribution in [-0.2, 0) is 14.4 Å². The van der Waals surface area contributed by atoms with Gasteiger partial charge in [-0.3, -0.25) is 19.3 Å². The van der Waals surface area contributed by atoms with Crippen LogP contribution in [0.2, 0.25) is 0 Å². The topological polar surface area (TPSA) is 82.2 Å². The predicted octanol–water partition coefficient (Wildman–Crippen LogP) is 2.48. The molecule has 2 aromatic carbocycles. The van der Waals surface area contributed by atoms with Crippen LogP contribution in [0.4, 0.5) is 5.69 Å². The number of anilines is 1. The van der Waals surface area contributed by atoms with Crippen LogP contribution in [0.25, 0.3) is 0 Å². The van der Waals surface area contributed by atoms with E-state index in [2.05, 4.69) is 10.2 Å². The van der Waals surface area contributed by atoms with Gasteiger partial charge in [-0.1, -0.05) is 36.4 Å². The lowest BCUT2D eigenvalue weighted by molar-refractivity contribution is -0.142. The molecule has 1 unspecified atom stereocenters. The molecule has 0 aliphatic carbocycles. The molecule has 2 heterocycles. The van der Waals surface area contributed by atoms with Gasteiger partial charge in [0.25, 0.3) is 0 Å². The molecule has 4 rings (SSSR count). The summed E-state index contributed by atoms with van der Waals surface area (Å²) in [4.78, 5) is 43.9. The Balaban J connectivity index is 1.18. The summed E-state index contributed by atoms with van der Waals surface area (Å²) in [5.74, 6) is 0.706. The molecule has 35 heavy (non-hydrogen) atoms. The van der Waals surface area contributed by atoms with Crippen LogP contribution >= 0.6 is 0 Å². The molecule has 0 aromatic heterocycles. The summed E-state index contributed by atoms with van der Waals surface area (Å²) in [7, 11) is 0. The molecule has 2 aliphatic heterocycles. The molecule has 0 bridgehead atoms. The van der Waals surface area contributed by atoms with Crippen molar-refractivity contribution in [3.63, 3.8) is 0 Å². The molecule has 0 radical (unpaired) electrons. The van der Waals surface area contributed by atoms with E-state index in [9.17, 15) is 14.4 Å². The second-order valence-corrected chi connectivity index (χ2v) is 9.11. The maximum absolute atomic E-state index is 13.2. The number of amides is 3. The highest BCUT2D eigenvalue weighted by Gasteiger charge is 2.32. The highest BCUT2D eigenvalue weighted by Crippen LogP contribution is 2.21. The SMILES string of the molecule is O=C(CN1CCN(C(=O)C2CCCN(C(=O)CCOc3ccccc3)C2)CC1)Nc1ccccc1. The minimum Gasteiger partial charge on any atom is -0.493 e. The number of ether oxygens (including phenoxy) is 1. The zero-order chi connectivity index (χ0) is 24.5. The Morgan fingerprint density at radius 2 is 1.54 bits per heavy atom. The van der Waals surface area contributed by atoms with Gasteiger partial charge in [0.15, 0.2) is 0 Å². The van der Waals surface area contributed by atoms with Crippen molar-refractivity contribution in [2.45, 2.75) is 19.3 Å². The number of likely N-dealkylation sites (tertiary alicyclic amines) is 1. The molecule has 2 fully saturated rings. The maximum atomic E-state index is 13.2. The Labute approximate surface area is 206 Å². The highest BCUT2D eigenvalue weighted by molar-refractivity contribution is 5.92. The number of nitrogens with zero attached hydrogens (tertiary/aromatic N) is 3. The number of carbonyl (C=O) groups is 3. The van der Waals surface area contributed by atoms with Gasteiger partial charge in [0.05, 0.1) is 25.5 Å². The summed E-state index contributed by atoms with van der Waals surface area (Å²) < 4.78 is 5.65. The molecule has 1 atom stereocenters. The first kappa shape index (κ1) is 24.7. The molecular weight excluding hydrogens is 444 g/mol. The zero-order valence-electron chi connectivity index (χ0n) is 20.1. The van der Waals surface area contributed by atoms with Crippen molar-refractivity contribution in [1.29, 1.82) is 0 Å². The van der Waals surface area contributed by atoms with Crippen LogP contribution in [0.15, 0.2) is 60.7 Å². The van der Waals surface area contributed by atoms with Gasteiger partial charge in [0.2, 0.25) is 17.7 Å². The molecule has 186 valence electrons. The molecule has 0 saturated carbocycles. The van der Waals surface area contributed by atoms with E-state index in [4.69, 9.17) is 4.74 Å². The number of hydrogen-bond acceptors (Lipinski definition) is 5. The first-order valence-electron chi connectivity index (χ1n) is 12.4. The van der Waals surface area contributed by atoms with Crippen LogP contribution in [0.5, 0.6) is 5.75 Å². The van der Waals surface area contributed by atoms with Gasteiger partial charge >= 0.3 is 0 Å². The number of nitrogens with one attached hydrogen (secondary N) is 1. The van der Waals surface area contributed by atoms with E-state index in [0.29, 0.717) is 58.8 Å². The third-order valence-electron chi connectivity index (χ3n) is 6.56. The zero-order valence-corrected chi connectivity index (χ0v) is 20.1. The van der Waals surface area contributed by atoms with E-state index in [-0.39, 0.29) is 23.6 Å². The minimum absolute atomic E-state index is 0.0349. The molecule has 1 N–H and O–H groups in total. The average Bonchev–Trinajstić information content (AvgIpc) is 2.90. The maximum Gasteiger partial charge on any atom is 0.238 e. The second-order valence-electron chi connectivity index (χ2n) is 9.11. The lowest BCUT2D eigenvalue weighted by Crippen LogP contribution is -2.54. The third-order valence-corrected chi connectivity index (χ3v) is 6.56. The number of piperidine rings is 1. The first-order valence-corrected chi connectivity index (χ1v) is 12.4. The summed E-state index contributed by atoms with van der Waals surface area (Å²) >= 11 is 0. The van der Waals surface area contributed by atoms with E-state index < -0.39 is 0 Å². The summed E-state index contributed by atoms with van der Waals surface area (Å²) in [5, 5.41) is 2.91. The van der Waals surface area contributed by atoms with E-state index in [1.54, 1.807) is 0 Å². The fourth-order valence-electron chi connectivity index (χ4n) is 4.65. The van der Waals surface area contributed by atoms with Crippen LogP contribution in [0, 0.1) is 5.92 Å². The van der Waals surface area contributed by atoms with Gasteiger partial charge in [-0.25, -0.2) is 0 Å². The van der Waals surface area contributed by atoms with Crippen molar-refractivity contribution < 1.29 is 19.1 Å². The summed E-state index contributed by atoms with van der Waals surface area (Å²) in [6.45, 7) is 4.35. The van der Waals surface area contributed by atoms with Crippen LogP contribution < -0.4 is 10.1 Å². The van der Waals surface area contributed by atoms with Gasteiger partial charge in [0, 0.05) is 45.0 Å². The second kappa shape index (κ2) is 12.4. The Bertz CT molecular complexity index is 977. The number of hydrogen-bond donors (Lipinski definition) is 1. The standard InChI is InChI=1S/C27H34N4O4/c32-25(28-23-9-3-1-4-10-23)21-29-15-17-30(18-16-29)27(34)22-8-7-14-31(20-22)26(33)13-19-35-24-11-5-2-6-12-24/h1-6,9-12,22H,7-8,13-21H2,(H,28,32). The monoisotopic (exact) mass is 478 g/mol. The van der Waals surface area contributed by atoms with Gasteiger partial charge in [-0.15, -0.1) is 0 Å². The van der Waals surface area contributed by atoms with E-state index in [0.717, 1.165) is 24.3 Å². The van der Waals surface area contributed by atoms with Gasteiger partial charge in [0.1, 0.15) is 5.75 Å². The fraction of sp³-hybridized carbons (Fsp3) is 0.444. The van der Waals surface area contributed by atoms with Crippen molar-refractivity contribution in [1.82, 2.24) is 14.7 Å². The Hall–Kier alpha value is -3.39. The van der Waals surface area contributed by atoms with Crippen LogP contribution in [0.3, 0.4) is 0 Å². The summed E-state index contributed by atoms with van der Waals surface area (Å²) in [6, 6.07) is 18.9.